The van der Waals surface area contributed by atoms with Gasteiger partial charge in [0, 0.05) is 6.07 Å². The third kappa shape index (κ3) is 4.40. The van der Waals surface area contributed by atoms with Crippen LogP contribution in [0, 0.1) is 13.8 Å². The molecule has 1 N–H and O–H groups in total. The summed E-state index contributed by atoms with van der Waals surface area (Å²) in [6.45, 7) is 4.63. The molecule has 0 aliphatic carbocycles. The summed E-state index contributed by atoms with van der Waals surface area (Å²) in [6, 6.07) is 1.26. The van der Waals surface area contributed by atoms with Crippen molar-refractivity contribution < 1.29 is 27.2 Å². The summed E-state index contributed by atoms with van der Waals surface area (Å²) in [6.07, 6.45) is 1.57. The lowest BCUT2D eigenvalue weighted by atomic mass is 10.2. The van der Waals surface area contributed by atoms with Gasteiger partial charge in [0.05, 0.1) is 29.8 Å². The van der Waals surface area contributed by atoms with Gasteiger partial charge >= 0.3 is 5.97 Å². The first-order valence-corrected chi connectivity index (χ1v) is 12.1. The van der Waals surface area contributed by atoms with Crippen LogP contribution < -0.4 is 10.9 Å². The number of sulfone groups is 1. The highest BCUT2D eigenvalue weighted by atomic mass is 32.2. The van der Waals surface area contributed by atoms with E-state index in [1.54, 1.807) is 19.9 Å². The van der Waals surface area contributed by atoms with Gasteiger partial charge in [-0.3, -0.25) is 14.2 Å². The number of esters is 1. The summed E-state index contributed by atoms with van der Waals surface area (Å²) in [5.74, 6) is -0.695. The van der Waals surface area contributed by atoms with E-state index in [-0.39, 0.29) is 53.1 Å². The maximum absolute atomic E-state index is 13.0. The van der Waals surface area contributed by atoms with E-state index in [4.69, 9.17) is 9.15 Å². The summed E-state index contributed by atoms with van der Waals surface area (Å²) < 4.78 is 36.7. The number of carbonyl (C=O) groups excluding carboxylic acids is 2. The lowest BCUT2D eigenvalue weighted by Crippen LogP contribution is -2.29. The summed E-state index contributed by atoms with van der Waals surface area (Å²) in [5, 5.41) is 6.95. The van der Waals surface area contributed by atoms with Crippen molar-refractivity contribution in [3.05, 3.63) is 39.8 Å². The second-order valence-electron chi connectivity index (χ2n) is 7.83. The van der Waals surface area contributed by atoms with Crippen molar-refractivity contribution >= 4 is 38.6 Å². The van der Waals surface area contributed by atoms with Crippen molar-refractivity contribution in [2.24, 2.45) is 0 Å². The minimum Gasteiger partial charge on any atom is -0.462 e. The van der Waals surface area contributed by atoms with Crippen LogP contribution in [0.15, 0.2) is 21.6 Å². The molecule has 1 aliphatic rings. The fraction of sp³-hybridized carbons (Fsp3) is 0.450. The number of fused-ring (bicyclic) bond motifs is 1. The zero-order valence-corrected chi connectivity index (χ0v) is 19.1. The molecule has 3 aromatic rings. The van der Waals surface area contributed by atoms with Gasteiger partial charge in [0.1, 0.15) is 35.4 Å². The first-order valence-electron chi connectivity index (χ1n) is 10.3. The Hall–Kier alpha value is -3.48. The number of furan rings is 1. The molecule has 0 bridgehead atoms. The van der Waals surface area contributed by atoms with Gasteiger partial charge in [-0.15, -0.1) is 0 Å². The number of hydrogen-bond acceptors (Lipinski definition) is 9. The molecule has 0 saturated carbocycles. The second-order valence-corrected chi connectivity index (χ2v) is 10.1. The zero-order valence-electron chi connectivity index (χ0n) is 18.3. The topological polar surface area (TPSA) is 155 Å². The lowest BCUT2D eigenvalue weighted by Gasteiger charge is -2.14. The van der Waals surface area contributed by atoms with E-state index >= 15 is 0 Å². The van der Waals surface area contributed by atoms with E-state index in [9.17, 15) is 22.8 Å². The minimum absolute atomic E-state index is 0.0183. The average molecular weight is 477 g/mol. The van der Waals surface area contributed by atoms with Gasteiger partial charge in [0.15, 0.2) is 9.84 Å². The van der Waals surface area contributed by atoms with Crippen LogP contribution in [0.5, 0.6) is 0 Å². The first kappa shape index (κ1) is 22.7. The van der Waals surface area contributed by atoms with Gasteiger partial charge < -0.3 is 14.5 Å². The van der Waals surface area contributed by atoms with Crippen molar-refractivity contribution in [2.45, 2.75) is 39.8 Å². The number of hydrogen-bond donors (Lipinski definition) is 1. The number of nitrogens with one attached hydrogen (secondary N) is 1. The largest absolute Gasteiger partial charge is 0.462 e. The number of carbonyl (C=O) groups is 2. The van der Waals surface area contributed by atoms with Crippen molar-refractivity contribution in [3.8, 4) is 0 Å². The van der Waals surface area contributed by atoms with Gasteiger partial charge in [0.25, 0.3) is 5.56 Å². The molecule has 3 aromatic heterocycles. The second kappa shape index (κ2) is 8.46. The number of nitrogens with zero attached hydrogens (tertiary/aromatic N) is 4. The van der Waals surface area contributed by atoms with Crippen molar-refractivity contribution in [1.29, 1.82) is 0 Å². The Bertz CT molecular complexity index is 1420. The molecule has 13 heteroatoms. The number of amides is 1. The summed E-state index contributed by atoms with van der Waals surface area (Å²) >= 11 is 0. The van der Waals surface area contributed by atoms with Crippen LogP contribution in [0.3, 0.4) is 0 Å². The molecule has 12 nitrogen and oxygen atoms in total. The number of ether oxygens (including phenoxy) is 1. The molecule has 1 atom stereocenters. The maximum Gasteiger partial charge on any atom is 0.342 e. The Labute approximate surface area is 188 Å². The van der Waals surface area contributed by atoms with Crippen LogP contribution in [-0.2, 0) is 25.9 Å². The van der Waals surface area contributed by atoms with E-state index in [1.165, 1.54) is 11.6 Å². The molecule has 1 amide bonds. The number of anilines is 1. The standard InChI is InChI=1S/C20H23N5O7S/c1-4-31-20(28)16-12(3)32-18-17(16)19(27)24(10-21-18)8-15(26)22-14-7-11(2)23-25(14)13-5-6-33(29,30)9-13/h7,10,13H,4-6,8-9H2,1-3H3,(H,22,26)/t13-/m1/s1. The van der Waals surface area contributed by atoms with E-state index in [0.29, 0.717) is 17.9 Å². The number of aromatic nitrogens is 4. The highest BCUT2D eigenvalue weighted by molar-refractivity contribution is 7.91. The monoisotopic (exact) mass is 477 g/mol. The highest BCUT2D eigenvalue weighted by Crippen LogP contribution is 2.27. The average Bonchev–Trinajstić information content (AvgIpc) is 3.38. The fourth-order valence-electron chi connectivity index (χ4n) is 3.89. The van der Waals surface area contributed by atoms with Gasteiger partial charge in [-0.2, -0.15) is 5.10 Å². The molecular weight excluding hydrogens is 454 g/mol. The molecule has 176 valence electrons. The van der Waals surface area contributed by atoms with Crippen LogP contribution in [0.2, 0.25) is 0 Å². The number of aryl methyl sites for hydroxylation is 2. The van der Waals surface area contributed by atoms with Crippen molar-refractivity contribution in [1.82, 2.24) is 19.3 Å². The fourth-order valence-corrected chi connectivity index (χ4v) is 5.58. The molecule has 0 spiro atoms. The molecule has 1 aliphatic heterocycles. The molecule has 0 aromatic carbocycles. The Morgan fingerprint density at radius 3 is 2.76 bits per heavy atom. The molecule has 1 saturated heterocycles. The first-order chi connectivity index (χ1) is 15.6. The normalized spacial score (nSPS) is 17.4. The Morgan fingerprint density at radius 2 is 2.09 bits per heavy atom. The van der Waals surface area contributed by atoms with Crippen molar-refractivity contribution in [3.63, 3.8) is 0 Å². The van der Waals surface area contributed by atoms with Crippen molar-refractivity contribution in [2.75, 3.05) is 23.4 Å². The summed E-state index contributed by atoms with van der Waals surface area (Å²) in [7, 11) is -3.14. The SMILES string of the molecule is CCOC(=O)c1c(C)oc2ncn(CC(=O)Nc3cc(C)nn3[C@@H]3CCS(=O)(=O)C3)c(=O)c12. The third-order valence-corrected chi connectivity index (χ3v) is 7.08. The van der Waals surface area contributed by atoms with Crippen LogP contribution in [0.25, 0.3) is 11.1 Å². The predicted molar refractivity (Wildman–Crippen MR) is 117 cm³/mol. The van der Waals surface area contributed by atoms with E-state index < -0.39 is 27.3 Å². The van der Waals surface area contributed by atoms with Gasteiger partial charge in [-0.1, -0.05) is 0 Å². The Kier molecular flexibility index (Phi) is 5.82. The Morgan fingerprint density at radius 1 is 1.33 bits per heavy atom. The van der Waals surface area contributed by atoms with Gasteiger partial charge in [-0.25, -0.2) is 22.9 Å². The van der Waals surface area contributed by atoms with Gasteiger partial charge in [-0.05, 0) is 27.2 Å². The highest BCUT2D eigenvalue weighted by Gasteiger charge is 2.31. The van der Waals surface area contributed by atoms with E-state index in [1.807, 2.05) is 0 Å². The molecular formula is C20H23N5O7S. The van der Waals surface area contributed by atoms with Crippen LogP contribution in [0.4, 0.5) is 5.82 Å². The zero-order chi connectivity index (χ0) is 23.9. The van der Waals surface area contributed by atoms with Crippen LogP contribution >= 0.6 is 0 Å². The van der Waals surface area contributed by atoms with E-state index in [0.717, 1.165) is 10.9 Å². The molecule has 0 unspecified atom stereocenters. The third-order valence-electron chi connectivity index (χ3n) is 5.33. The summed E-state index contributed by atoms with van der Waals surface area (Å²) in [4.78, 5) is 42.1. The van der Waals surface area contributed by atoms with Crippen LogP contribution in [0.1, 0.15) is 41.2 Å². The van der Waals surface area contributed by atoms with Crippen LogP contribution in [-0.4, -0.2) is 57.7 Å². The molecule has 1 fully saturated rings. The van der Waals surface area contributed by atoms with E-state index in [2.05, 4.69) is 15.4 Å². The minimum atomic E-state index is -3.14. The molecule has 33 heavy (non-hydrogen) atoms. The molecule has 4 rings (SSSR count). The molecule has 0 radical (unpaired) electrons. The quantitative estimate of drug-likeness (QED) is 0.511. The number of rotatable bonds is 6. The Balaban J connectivity index is 1.60. The lowest BCUT2D eigenvalue weighted by molar-refractivity contribution is -0.116. The smallest absolute Gasteiger partial charge is 0.342 e. The summed E-state index contributed by atoms with van der Waals surface area (Å²) in [5.41, 5.74) is -0.0481. The molecule has 4 heterocycles. The van der Waals surface area contributed by atoms with Gasteiger partial charge in [0.2, 0.25) is 11.6 Å². The predicted octanol–water partition coefficient (Wildman–Crippen LogP) is 0.978. The maximum atomic E-state index is 13.0.